The Morgan fingerprint density at radius 3 is 2.91 bits per heavy atom. The molecule has 1 aromatic carbocycles. The Hall–Kier alpha value is -2.01. The predicted octanol–water partition coefficient (Wildman–Crippen LogP) is 4.00. The van der Waals surface area contributed by atoms with Gasteiger partial charge >= 0.3 is 6.03 Å². The van der Waals surface area contributed by atoms with E-state index in [9.17, 15) is 4.79 Å². The first kappa shape index (κ1) is 15.9. The maximum atomic E-state index is 12.7. The lowest BCUT2D eigenvalue weighted by molar-refractivity contribution is 0.207. The number of hydrogen-bond acceptors (Lipinski definition) is 2. The molecule has 0 saturated carbocycles. The van der Waals surface area contributed by atoms with Crippen LogP contribution in [0.2, 0.25) is 5.02 Å². The van der Waals surface area contributed by atoms with Crippen LogP contribution >= 0.6 is 11.6 Å². The van der Waals surface area contributed by atoms with Crippen LogP contribution in [-0.2, 0) is 13.5 Å². The van der Waals surface area contributed by atoms with E-state index >= 15 is 0 Å². The van der Waals surface area contributed by atoms with Crippen LogP contribution in [0.25, 0.3) is 0 Å². The molecule has 1 aromatic heterocycles. The van der Waals surface area contributed by atoms with Gasteiger partial charge in [-0.1, -0.05) is 36.7 Å². The van der Waals surface area contributed by atoms with E-state index in [2.05, 4.69) is 10.4 Å². The van der Waals surface area contributed by atoms with Gasteiger partial charge in [-0.15, -0.1) is 0 Å². The van der Waals surface area contributed by atoms with Gasteiger partial charge in [-0.05, 0) is 30.9 Å². The van der Waals surface area contributed by atoms with E-state index in [1.807, 2.05) is 49.2 Å². The van der Waals surface area contributed by atoms with E-state index in [4.69, 9.17) is 11.6 Å². The standard InChI is InChI=1S/C17H21ClN4O/c1-3-12-11-16(21(2)20-12)19-17(23)22-10-6-9-15(22)13-7-4-5-8-14(13)18/h4-5,7-8,11,15H,3,6,9-10H2,1-2H3,(H,19,23). The number of benzene rings is 1. The van der Waals surface area contributed by atoms with E-state index in [0.29, 0.717) is 5.02 Å². The van der Waals surface area contributed by atoms with Crippen LogP contribution in [0.15, 0.2) is 30.3 Å². The molecule has 1 unspecified atom stereocenters. The largest absolute Gasteiger partial charge is 0.323 e. The number of aryl methyl sites for hydroxylation is 2. The SMILES string of the molecule is CCc1cc(NC(=O)N2CCCC2c2ccccc2Cl)n(C)n1. The first-order chi connectivity index (χ1) is 11.1. The molecule has 1 atom stereocenters. The number of aromatic nitrogens is 2. The zero-order valence-electron chi connectivity index (χ0n) is 13.4. The fourth-order valence-corrected chi connectivity index (χ4v) is 3.34. The second kappa shape index (κ2) is 6.62. The van der Waals surface area contributed by atoms with Gasteiger partial charge in [-0.2, -0.15) is 5.10 Å². The zero-order chi connectivity index (χ0) is 16.4. The Labute approximate surface area is 141 Å². The Morgan fingerprint density at radius 1 is 1.43 bits per heavy atom. The third kappa shape index (κ3) is 3.20. The fraction of sp³-hybridized carbons (Fsp3) is 0.412. The van der Waals surface area contributed by atoms with Crippen LogP contribution in [0.4, 0.5) is 10.6 Å². The highest BCUT2D eigenvalue weighted by molar-refractivity contribution is 6.31. The molecule has 0 radical (unpaired) electrons. The summed E-state index contributed by atoms with van der Waals surface area (Å²) < 4.78 is 1.71. The fourth-order valence-electron chi connectivity index (χ4n) is 3.08. The summed E-state index contributed by atoms with van der Waals surface area (Å²) in [6, 6.07) is 9.59. The van der Waals surface area contributed by atoms with Crippen molar-refractivity contribution >= 4 is 23.4 Å². The van der Waals surface area contributed by atoms with Crippen molar-refractivity contribution < 1.29 is 4.79 Å². The third-order valence-corrected chi connectivity index (χ3v) is 4.65. The van der Waals surface area contributed by atoms with Crippen molar-refractivity contribution in [2.24, 2.45) is 7.05 Å². The highest BCUT2D eigenvalue weighted by atomic mass is 35.5. The monoisotopic (exact) mass is 332 g/mol. The van der Waals surface area contributed by atoms with Crippen LogP contribution in [0.5, 0.6) is 0 Å². The predicted molar refractivity (Wildman–Crippen MR) is 91.7 cm³/mol. The maximum absolute atomic E-state index is 12.7. The molecule has 1 aliphatic heterocycles. The maximum Gasteiger partial charge on any atom is 0.323 e. The molecule has 1 fully saturated rings. The van der Waals surface area contributed by atoms with Crippen molar-refractivity contribution in [3.8, 4) is 0 Å². The molecule has 0 bridgehead atoms. The summed E-state index contributed by atoms with van der Waals surface area (Å²) in [6.07, 6.45) is 2.76. The van der Waals surface area contributed by atoms with Gasteiger partial charge in [0.15, 0.2) is 0 Å². The molecule has 6 heteroatoms. The number of urea groups is 1. The molecule has 0 aliphatic carbocycles. The van der Waals surface area contributed by atoms with Crippen LogP contribution in [0.3, 0.4) is 0 Å². The van der Waals surface area contributed by atoms with E-state index in [-0.39, 0.29) is 12.1 Å². The minimum atomic E-state index is -0.0990. The van der Waals surface area contributed by atoms with Crippen LogP contribution in [0, 0.1) is 0 Å². The second-order valence-corrected chi connectivity index (χ2v) is 6.21. The summed E-state index contributed by atoms with van der Waals surface area (Å²) in [6.45, 7) is 2.78. The van der Waals surface area contributed by atoms with E-state index in [0.717, 1.165) is 42.9 Å². The lowest BCUT2D eigenvalue weighted by Gasteiger charge is -2.26. The highest BCUT2D eigenvalue weighted by Crippen LogP contribution is 2.35. The van der Waals surface area contributed by atoms with Crippen LogP contribution in [-0.4, -0.2) is 27.3 Å². The number of likely N-dealkylation sites (tertiary alicyclic amines) is 1. The Kier molecular flexibility index (Phi) is 4.57. The van der Waals surface area contributed by atoms with E-state index in [1.54, 1.807) is 4.68 Å². The summed E-state index contributed by atoms with van der Waals surface area (Å²) >= 11 is 6.31. The van der Waals surface area contributed by atoms with Gasteiger partial charge in [0.05, 0.1) is 11.7 Å². The number of carbonyl (C=O) groups excluding carboxylic acids is 1. The van der Waals surface area contributed by atoms with Crippen molar-refractivity contribution in [1.29, 1.82) is 0 Å². The van der Waals surface area contributed by atoms with E-state index < -0.39 is 0 Å². The number of anilines is 1. The Morgan fingerprint density at radius 2 is 2.22 bits per heavy atom. The number of rotatable bonds is 3. The number of nitrogens with zero attached hydrogens (tertiary/aromatic N) is 3. The molecule has 3 rings (SSSR count). The molecule has 1 aliphatic rings. The summed E-state index contributed by atoms with van der Waals surface area (Å²) in [5, 5.41) is 8.05. The molecule has 1 N–H and O–H groups in total. The van der Waals surface area contributed by atoms with Gasteiger partial charge in [-0.25, -0.2) is 4.79 Å². The van der Waals surface area contributed by atoms with Gasteiger partial charge in [-0.3, -0.25) is 10.00 Å². The van der Waals surface area contributed by atoms with Crippen molar-refractivity contribution in [2.75, 3.05) is 11.9 Å². The minimum absolute atomic E-state index is 0.0302. The van der Waals surface area contributed by atoms with Gasteiger partial charge in [0.1, 0.15) is 5.82 Å². The average molecular weight is 333 g/mol. The summed E-state index contributed by atoms with van der Waals surface area (Å²) in [4.78, 5) is 14.6. The van der Waals surface area contributed by atoms with Crippen molar-refractivity contribution in [3.63, 3.8) is 0 Å². The van der Waals surface area contributed by atoms with Gasteiger partial charge in [0, 0.05) is 24.7 Å². The Bertz CT molecular complexity index is 712. The molecular weight excluding hydrogens is 312 g/mol. The lowest BCUT2D eigenvalue weighted by atomic mass is 10.0. The molecule has 0 spiro atoms. The second-order valence-electron chi connectivity index (χ2n) is 5.80. The Balaban J connectivity index is 1.78. The summed E-state index contributed by atoms with van der Waals surface area (Å²) in [5.41, 5.74) is 1.98. The lowest BCUT2D eigenvalue weighted by Crippen LogP contribution is -2.35. The van der Waals surface area contributed by atoms with Gasteiger partial charge < -0.3 is 4.90 Å². The number of halogens is 1. The molecular formula is C17H21ClN4O. The summed E-state index contributed by atoms with van der Waals surface area (Å²) in [7, 11) is 1.84. The van der Waals surface area contributed by atoms with Crippen molar-refractivity contribution in [1.82, 2.24) is 14.7 Å². The first-order valence-corrected chi connectivity index (χ1v) is 8.33. The zero-order valence-corrected chi connectivity index (χ0v) is 14.2. The first-order valence-electron chi connectivity index (χ1n) is 7.95. The molecule has 2 amide bonds. The quantitative estimate of drug-likeness (QED) is 0.923. The topological polar surface area (TPSA) is 50.2 Å². The van der Waals surface area contributed by atoms with Gasteiger partial charge in [0.25, 0.3) is 0 Å². The molecule has 2 aromatic rings. The van der Waals surface area contributed by atoms with Crippen molar-refractivity contribution in [3.05, 3.63) is 46.6 Å². The average Bonchev–Trinajstić information content (AvgIpc) is 3.15. The number of hydrogen-bond donors (Lipinski definition) is 1. The number of amides is 2. The number of nitrogens with one attached hydrogen (secondary N) is 1. The van der Waals surface area contributed by atoms with Crippen LogP contribution in [0.1, 0.15) is 37.1 Å². The van der Waals surface area contributed by atoms with E-state index in [1.165, 1.54) is 0 Å². The molecule has 5 nitrogen and oxygen atoms in total. The van der Waals surface area contributed by atoms with Crippen molar-refractivity contribution in [2.45, 2.75) is 32.2 Å². The van der Waals surface area contributed by atoms with Gasteiger partial charge in [0.2, 0.25) is 0 Å². The minimum Gasteiger partial charge on any atom is -0.317 e. The molecule has 23 heavy (non-hydrogen) atoms. The summed E-state index contributed by atoms with van der Waals surface area (Å²) in [5.74, 6) is 0.719. The molecule has 2 heterocycles. The molecule has 1 saturated heterocycles. The third-order valence-electron chi connectivity index (χ3n) is 4.31. The number of carbonyl (C=O) groups is 1. The van der Waals surface area contributed by atoms with Crippen LogP contribution < -0.4 is 5.32 Å². The molecule has 122 valence electrons. The normalized spacial score (nSPS) is 17.5. The smallest absolute Gasteiger partial charge is 0.317 e. The highest BCUT2D eigenvalue weighted by Gasteiger charge is 2.31.